The van der Waals surface area contributed by atoms with E-state index in [1.807, 2.05) is 4.90 Å². The number of carbonyl (C=O) groups is 4. The number of carbonyl (C=O) groups excluding carboxylic acids is 4. The van der Waals surface area contributed by atoms with E-state index in [1.165, 1.54) is 12.1 Å². The normalized spacial score (nSPS) is 22.3. The third-order valence-corrected chi connectivity index (χ3v) is 9.44. The third-order valence-electron chi connectivity index (χ3n) is 8.31. The summed E-state index contributed by atoms with van der Waals surface area (Å²) in [6, 6.07) is 2.49. The molecule has 1 aromatic rings. The van der Waals surface area contributed by atoms with Crippen LogP contribution in [0.1, 0.15) is 44.6 Å². The van der Waals surface area contributed by atoms with E-state index < -0.39 is 57.9 Å². The minimum atomic E-state index is -3.45. The zero-order valence-corrected chi connectivity index (χ0v) is 26.7. The maximum absolute atomic E-state index is 13.8. The van der Waals surface area contributed by atoms with Gasteiger partial charge in [0.1, 0.15) is 17.7 Å². The van der Waals surface area contributed by atoms with Gasteiger partial charge in [0, 0.05) is 25.8 Å². The molecule has 0 spiro atoms. The van der Waals surface area contributed by atoms with Gasteiger partial charge >= 0.3 is 0 Å². The fourth-order valence-corrected chi connectivity index (χ4v) is 6.07. The van der Waals surface area contributed by atoms with E-state index in [9.17, 15) is 32.7 Å². The molecule has 4 atom stereocenters. The number of ketones is 1. The molecule has 2 heterocycles. The molecule has 45 heavy (non-hydrogen) atoms. The molecular formula is C31H44N4O9S. The van der Waals surface area contributed by atoms with E-state index in [0.717, 1.165) is 37.5 Å². The number of nitrogens with one attached hydrogen (secondary N) is 3. The summed E-state index contributed by atoms with van der Waals surface area (Å²) >= 11 is 0. The second-order valence-electron chi connectivity index (χ2n) is 12.1. The van der Waals surface area contributed by atoms with Crippen LogP contribution in [0.5, 0.6) is 0 Å². The van der Waals surface area contributed by atoms with Gasteiger partial charge in [-0.05, 0) is 56.7 Å². The fourth-order valence-electron chi connectivity index (χ4n) is 5.44. The van der Waals surface area contributed by atoms with Crippen LogP contribution in [0, 0.1) is 0 Å². The lowest BCUT2D eigenvalue weighted by molar-refractivity contribution is -0.135. The smallest absolute Gasteiger partial charge is 0.245 e. The number of aliphatic hydroxyl groups is 1. The number of benzene rings is 1. The molecule has 0 bridgehead atoms. The van der Waals surface area contributed by atoms with E-state index >= 15 is 0 Å². The summed E-state index contributed by atoms with van der Waals surface area (Å²) in [5.74, 6) is -2.14. The number of Topliss-reactive ketones (excluding diaryl/α,β-unsaturated/α-hetero) is 1. The average molecular weight is 649 g/mol. The molecule has 3 aliphatic rings. The van der Waals surface area contributed by atoms with Crippen LogP contribution in [0.15, 0.2) is 40.8 Å². The number of hydrogen-bond donors (Lipinski definition) is 4. The number of aliphatic hydroxyl groups excluding tert-OH is 1. The largest absolute Gasteiger partial charge is 0.394 e. The Kier molecular flexibility index (Phi) is 11.9. The summed E-state index contributed by atoms with van der Waals surface area (Å²) in [6.07, 6.45) is 7.26. The first-order chi connectivity index (χ1) is 21.4. The van der Waals surface area contributed by atoms with Crippen LogP contribution in [0.3, 0.4) is 0 Å². The highest BCUT2D eigenvalue weighted by atomic mass is 32.2. The fraction of sp³-hybridized carbons (Fsp3) is 0.613. The van der Waals surface area contributed by atoms with Gasteiger partial charge in [-0.3, -0.25) is 24.1 Å². The van der Waals surface area contributed by atoms with Gasteiger partial charge in [-0.25, -0.2) is 8.42 Å². The summed E-state index contributed by atoms with van der Waals surface area (Å²) < 4.78 is 34.6. The van der Waals surface area contributed by atoms with Gasteiger partial charge in [0.05, 0.1) is 43.9 Å². The van der Waals surface area contributed by atoms with Crippen molar-refractivity contribution in [2.45, 2.75) is 74.1 Å². The Morgan fingerprint density at radius 1 is 0.956 bits per heavy atom. The van der Waals surface area contributed by atoms with Crippen molar-refractivity contribution in [1.82, 2.24) is 20.9 Å². The van der Waals surface area contributed by atoms with Crippen molar-refractivity contribution in [3.8, 4) is 0 Å². The molecular weight excluding hydrogens is 604 g/mol. The van der Waals surface area contributed by atoms with Gasteiger partial charge in [0.25, 0.3) is 0 Å². The van der Waals surface area contributed by atoms with Crippen LogP contribution in [0.2, 0.25) is 0 Å². The molecule has 1 aliphatic carbocycles. The molecule has 0 saturated carbocycles. The number of epoxide rings is 1. The molecule has 2 saturated heterocycles. The first kappa shape index (κ1) is 34.7. The molecule has 0 radical (unpaired) electrons. The zero-order valence-electron chi connectivity index (χ0n) is 25.9. The minimum absolute atomic E-state index is 0.0181. The Labute approximate surface area is 264 Å². The summed E-state index contributed by atoms with van der Waals surface area (Å²) in [4.78, 5) is 55.2. The number of rotatable bonds is 15. The molecule has 0 aromatic heterocycles. The molecule has 2 aliphatic heterocycles. The van der Waals surface area contributed by atoms with Crippen LogP contribution >= 0.6 is 0 Å². The van der Waals surface area contributed by atoms with Crippen molar-refractivity contribution in [3.63, 3.8) is 0 Å². The number of hydrogen-bond acceptors (Lipinski definition) is 10. The van der Waals surface area contributed by atoms with Crippen molar-refractivity contribution in [1.29, 1.82) is 0 Å². The van der Waals surface area contributed by atoms with E-state index in [-0.39, 0.29) is 30.3 Å². The maximum Gasteiger partial charge on any atom is 0.245 e. The number of amides is 3. The van der Waals surface area contributed by atoms with Crippen LogP contribution in [-0.2, 0) is 44.9 Å². The average Bonchev–Trinajstić information content (AvgIpc) is 3.77. The van der Waals surface area contributed by atoms with Crippen molar-refractivity contribution in [2.24, 2.45) is 0 Å². The SMILES string of the molecule is C[C@@]1(C(=O)[C@H](CC2=CCCCC2)NC(=O)[C@H](Cc2ccc(S(C)(=O)=O)cc2)NC(=O)[C@H](CO)NC(=O)CN2CCOCC2)CO1. The lowest BCUT2D eigenvalue weighted by Crippen LogP contribution is -2.58. The highest BCUT2D eigenvalue weighted by molar-refractivity contribution is 7.90. The quantitative estimate of drug-likeness (QED) is 0.145. The Balaban J connectivity index is 1.51. The monoisotopic (exact) mass is 648 g/mol. The topological polar surface area (TPSA) is 184 Å². The van der Waals surface area contributed by atoms with Crippen LogP contribution in [0.25, 0.3) is 0 Å². The Morgan fingerprint density at radius 3 is 2.18 bits per heavy atom. The molecule has 13 nitrogen and oxygen atoms in total. The Bertz CT molecular complexity index is 1370. The summed E-state index contributed by atoms with van der Waals surface area (Å²) in [5, 5.41) is 18.0. The molecule has 1 aromatic carbocycles. The molecule has 4 rings (SSSR count). The Hall–Kier alpha value is -3.17. The highest BCUT2D eigenvalue weighted by Gasteiger charge is 2.50. The number of sulfone groups is 1. The van der Waals surface area contributed by atoms with Crippen LogP contribution in [0.4, 0.5) is 0 Å². The maximum atomic E-state index is 13.8. The van der Waals surface area contributed by atoms with Gasteiger partial charge in [-0.2, -0.15) is 0 Å². The van der Waals surface area contributed by atoms with Crippen molar-refractivity contribution >= 4 is 33.3 Å². The molecule has 0 unspecified atom stereocenters. The first-order valence-electron chi connectivity index (χ1n) is 15.3. The third kappa shape index (κ3) is 10.2. The van der Waals surface area contributed by atoms with Gasteiger partial charge in [0.15, 0.2) is 15.6 Å². The lowest BCUT2D eigenvalue weighted by Gasteiger charge is -2.28. The summed E-state index contributed by atoms with van der Waals surface area (Å²) in [7, 11) is -3.45. The number of nitrogens with zero attached hydrogens (tertiary/aromatic N) is 1. The van der Waals surface area contributed by atoms with Crippen molar-refractivity contribution in [3.05, 3.63) is 41.5 Å². The van der Waals surface area contributed by atoms with Crippen molar-refractivity contribution < 1.29 is 42.2 Å². The number of morpholine rings is 1. The molecule has 4 N–H and O–H groups in total. The Morgan fingerprint density at radius 2 is 1.60 bits per heavy atom. The zero-order chi connectivity index (χ0) is 32.6. The molecule has 3 amide bonds. The van der Waals surface area contributed by atoms with E-state index in [4.69, 9.17) is 9.47 Å². The predicted molar refractivity (Wildman–Crippen MR) is 164 cm³/mol. The standard InChI is InChI=1S/C31H44N4O9S/c1-31(20-44-31)28(38)24(16-21-6-4-3-5-7-21)33-29(39)25(17-22-8-10-23(11-9-22)45(2,41)42)34-30(40)26(19-36)32-27(37)18-35-12-14-43-15-13-35/h6,8-11,24-26,36H,3-5,7,12-20H2,1-2H3,(H,32,37)(H,33,39)(H,34,40)/t24-,25-,26-,31-/m0/s1. The molecule has 248 valence electrons. The van der Waals surface area contributed by atoms with Crippen LogP contribution in [-0.4, -0.2) is 118 Å². The van der Waals surface area contributed by atoms with Gasteiger partial charge in [-0.1, -0.05) is 23.8 Å². The minimum Gasteiger partial charge on any atom is -0.394 e. The lowest BCUT2D eigenvalue weighted by atomic mass is 9.89. The van der Waals surface area contributed by atoms with Gasteiger partial charge in [0.2, 0.25) is 17.7 Å². The van der Waals surface area contributed by atoms with E-state index in [1.54, 1.807) is 19.1 Å². The van der Waals surface area contributed by atoms with Crippen LogP contribution < -0.4 is 16.0 Å². The van der Waals surface area contributed by atoms with Gasteiger partial charge in [-0.15, -0.1) is 0 Å². The summed E-state index contributed by atoms with van der Waals surface area (Å²) in [5.41, 5.74) is 0.639. The molecule has 14 heteroatoms. The second-order valence-corrected chi connectivity index (χ2v) is 14.1. The first-order valence-corrected chi connectivity index (χ1v) is 17.2. The van der Waals surface area contributed by atoms with Gasteiger partial charge < -0.3 is 30.5 Å². The summed E-state index contributed by atoms with van der Waals surface area (Å²) in [6.45, 7) is 3.35. The second kappa shape index (κ2) is 15.4. The molecule has 2 fully saturated rings. The van der Waals surface area contributed by atoms with E-state index in [2.05, 4.69) is 22.0 Å². The number of ether oxygens (including phenoxy) is 2. The van der Waals surface area contributed by atoms with Crippen molar-refractivity contribution in [2.75, 3.05) is 52.3 Å². The van der Waals surface area contributed by atoms with E-state index in [0.29, 0.717) is 38.3 Å². The predicted octanol–water partition coefficient (Wildman–Crippen LogP) is -0.340. The number of allylic oxidation sites excluding steroid dienone is 1. The highest BCUT2D eigenvalue weighted by Crippen LogP contribution is 2.31.